The number of nitrogens with two attached hydrogens (primary N) is 1. The summed E-state index contributed by atoms with van der Waals surface area (Å²) in [5, 5.41) is 22.8. The monoisotopic (exact) mass is 378 g/mol. The van der Waals surface area contributed by atoms with Crippen LogP contribution in [0.5, 0.6) is 0 Å². The molecule has 0 bridgehead atoms. The average Bonchev–Trinajstić information content (AvgIpc) is 2.85. The van der Waals surface area contributed by atoms with Crippen molar-refractivity contribution in [1.29, 1.82) is 0 Å². The number of hydrogen-bond acceptors (Lipinski definition) is 6. The normalized spacial score (nSPS) is 36.5. The van der Waals surface area contributed by atoms with Crippen LogP contribution in [-0.4, -0.2) is 53.7 Å². The maximum atomic E-state index is 12.6. The predicted octanol–water partition coefficient (Wildman–Crippen LogP) is 0.502. The minimum Gasteiger partial charge on any atom is -0.481 e. The maximum absolute atomic E-state index is 12.6. The fourth-order valence-corrected chi connectivity index (χ4v) is 5.01. The van der Waals surface area contributed by atoms with Gasteiger partial charge < -0.3 is 15.9 Å². The number of aromatic amines is 1. The number of carboxylic acids is 2. The fourth-order valence-electron chi connectivity index (χ4n) is 3.64. The zero-order valence-corrected chi connectivity index (χ0v) is 13.0. The summed E-state index contributed by atoms with van der Waals surface area (Å²) in [6.45, 7) is 5.29. The van der Waals surface area contributed by atoms with Gasteiger partial charge in [-0.25, -0.2) is 4.79 Å². The standard InChI is InChI=1S/C12H10F3N5O4S/c1-17-11-4(5(11)6(21)22)3(2-10(11,16)8(23)24)25-9-18-7(19-20-9)12(13,14)15/h1,3-5H,2,16H2,(H2-,18,19,20,21,22,23,24)/p+1. The van der Waals surface area contributed by atoms with Crippen LogP contribution in [0.25, 0.3) is 4.85 Å². The summed E-state index contributed by atoms with van der Waals surface area (Å²) in [7, 11) is 0. The van der Waals surface area contributed by atoms with E-state index in [2.05, 4.69) is 14.9 Å². The molecular weight excluding hydrogens is 367 g/mol. The first kappa shape index (κ1) is 17.5. The van der Waals surface area contributed by atoms with Gasteiger partial charge in [0.2, 0.25) is 11.0 Å². The van der Waals surface area contributed by atoms with Gasteiger partial charge >= 0.3 is 23.7 Å². The molecule has 2 aliphatic rings. The van der Waals surface area contributed by atoms with Crippen LogP contribution in [-0.2, 0) is 15.8 Å². The number of carboxylic acid groups (broad SMARTS) is 2. The number of thioether (sulfide) groups is 1. The molecule has 0 aliphatic heterocycles. The molecule has 0 amide bonds. The van der Waals surface area contributed by atoms with Gasteiger partial charge in [0.05, 0.1) is 5.92 Å². The Morgan fingerprint density at radius 2 is 2.08 bits per heavy atom. The van der Waals surface area contributed by atoms with Gasteiger partial charge in [-0.05, 0) is 6.42 Å². The van der Waals surface area contributed by atoms with E-state index in [1.54, 1.807) is 5.10 Å². The van der Waals surface area contributed by atoms with Crippen molar-refractivity contribution in [2.75, 3.05) is 0 Å². The van der Waals surface area contributed by atoms with Crippen molar-refractivity contribution in [3.63, 3.8) is 0 Å². The quantitative estimate of drug-likeness (QED) is 0.592. The van der Waals surface area contributed by atoms with Crippen LogP contribution in [0, 0.1) is 18.4 Å². The van der Waals surface area contributed by atoms with Gasteiger partial charge in [0.15, 0.2) is 11.5 Å². The molecule has 1 aromatic heterocycles. The second-order valence-electron chi connectivity index (χ2n) is 5.90. The lowest BCUT2D eigenvalue weighted by Crippen LogP contribution is -2.58. The van der Waals surface area contributed by atoms with Gasteiger partial charge in [0.1, 0.15) is 0 Å². The Balaban J connectivity index is 1.92. The molecule has 0 spiro atoms. The summed E-state index contributed by atoms with van der Waals surface area (Å²) in [4.78, 5) is 29.8. The Labute approximate surface area is 141 Å². The molecule has 0 radical (unpaired) electrons. The highest BCUT2D eigenvalue weighted by Gasteiger charge is 2.94. The zero-order valence-electron chi connectivity index (χ0n) is 12.2. The summed E-state index contributed by atoms with van der Waals surface area (Å²) in [5.74, 6) is -6.22. The van der Waals surface area contributed by atoms with Gasteiger partial charge in [-0.2, -0.15) is 18.2 Å². The van der Waals surface area contributed by atoms with Crippen molar-refractivity contribution < 1.29 is 33.0 Å². The molecule has 25 heavy (non-hydrogen) atoms. The van der Waals surface area contributed by atoms with E-state index in [-0.39, 0.29) is 11.6 Å². The van der Waals surface area contributed by atoms with E-state index < -0.39 is 52.1 Å². The van der Waals surface area contributed by atoms with Gasteiger partial charge in [-0.3, -0.25) is 9.89 Å². The molecular formula is C12H11F3N5O4S+. The Morgan fingerprint density at radius 3 is 2.52 bits per heavy atom. The highest BCUT2D eigenvalue weighted by Crippen LogP contribution is 2.70. The van der Waals surface area contributed by atoms with Crippen molar-refractivity contribution >= 4 is 23.7 Å². The summed E-state index contributed by atoms with van der Waals surface area (Å²) in [5.41, 5.74) is 2.14. The Kier molecular flexibility index (Phi) is 3.56. The first-order valence-corrected chi connectivity index (χ1v) is 7.70. The first-order valence-electron chi connectivity index (χ1n) is 6.82. The van der Waals surface area contributed by atoms with Crippen molar-refractivity contribution in [2.45, 2.75) is 34.1 Å². The van der Waals surface area contributed by atoms with Crippen LogP contribution in [0.1, 0.15) is 12.2 Å². The van der Waals surface area contributed by atoms with Crippen LogP contribution < -0.4 is 5.73 Å². The molecule has 134 valence electrons. The fraction of sp³-hybridized carbons (Fsp3) is 0.583. The third-order valence-corrected chi connectivity index (χ3v) is 5.88. The maximum Gasteiger partial charge on any atom is 0.451 e. The first-order chi connectivity index (χ1) is 11.5. The molecule has 2 fully saturated rings. The van der Waals surface area contributed by atoms with E-state index in [0.29, 0.717) is 11.8 Å². The molecule has 5 N–H and O–H groups in total. The zero-order chi connectivity index (χ0) is 18.8. The second kappa shape index (κ2) is 5.09. The molecule has 9 nitrogen and oxygen atoms in total. The van der Waals surface area contributed by atoms with Crippen molar-refractivity contribution in [2.24, 2.45) is 17.6 Å². The summed E-state index contributed by atoms with van der Waals surface area (Å²) >= 11 is 0.717. The number of nitrogens with one attached hydrogen (secondary N) is 1. The third-order valence-electron chi connectivity index (χ3n) is 4.72. The van der Waals surface area contributed by atoms with E-state index >= 15 is 0 Å². The van der Waals surface area contributed by atoms with Gasteiger partial charge in [-0.1, -0.05) is 16.6 Å². The third kappa shape index (κ3) is 2.20. The topological polar surface area (TPSA) is 147 Å². The lowest BCUT2D eigenvalue weighted by Gasteiger charge is -2.22. The molecule has 0 aromatic carbocycles. The smallest absolute Gasteiger partial charge is 0.451 e. The van der Waals surface area contributed by atoms with Crippen molar-refractivity contribution in [3.05, 3.63) is 10.7 Å². The summed E-state index contributed by atoms with van der Waals surface area (Å²) in [6, 6.07) is 0. The number of H-pyrrole nitrogens is 1. The lowest BCUT2D eigenvalue weighted by molar-refractivity contribution is -0.146. The molecule has 2 aliphatic carbocycles. The van der Waals surface area contributed by atoms with E-state index in [9.17, 15) is 33.0 Å². The van der Waals surface area contributed by atoms with Crippen molar-refractivity contribution in [3.8, 4) is 6.57 Å². The number of rotatable bonds is 4. The minimum atomic E-state index is -4.72. The number of nitrogens with zero attached hydrogens (tertiary/aromatic N) is 3. The summed E-state index contributed by atoms with van der Waals surface area (Å²) < 4.78 is 37.7. The number of aromatic nitrogens is 3. The van der Waals surface area contributed by atoms with Crippen LogP contribution in [0.2, 0.25) is 0 Å². The Hall–Kier alpha value is -2.33. The number of hydrogen-bond donors (Lipinski definition) is 4. The number of alkyl halides is 3. The van der Waals surface area contributed by atoms with Gasteiger partial charge in [0.25, 0.3) is 6.57 Å². The molecule has 1 aromatic rings. The van der Waals surface area contributed by atoms with Crippen molar-refractivity contribution in [1.82, 2.24) is 15.2 Å². The highest BCUT2D eigenvalue weighted by atomic mass is 32.2. The largest absolute Gasteiger partial charge is 0.481 e. The van der Waals surface area contributed by atoms with Crippen LogP contribution >= 0.6 is 11.8 Å². The average molecular weight is 378 g/mol. The summed E-state index contributed by atoms with van der Waals surface area (Å²) in [6.07, 6.45) is -4.96. The van der Waals surface area contributed by atoms with E-state index in [1.165, 1.54) is 0 Å². The number of fused-ring (bicyclic) bond motifs is 1. The van der Waals surface area contributed by atoms with Gasteiger partial charge in [0, 0.05) is 5.25 Å². The number of carbonyl (C=O) groups is 2. The number of aliphatic carboxylic acids is 2. The molecule has 0 saturated heterocycles. The van der Waals surface area contributed by atoms with Gasteiger partial charge in [-0.15, -0.1) is 5.10 Å². The second-order valence-corrected chi connectivity index (χ2v) is 7.10. The van der Waals surface area contributed by atoms with E-state index in [0.717, 1.165) is 0 Å². The van der Waals surface area contributed by atoms with E-state index in [1.807, 2.05) is 0 Å². The SMILES string of the molecule is C#[N+]C12C(C(=O)O)C1C(Sc1n[nH]c(C(F)(F)F)n1)CC2(N)C(=O)O. The Bertz CT molecular complexity index is 807. The van der Waals surface area contributed by atoms with E-state index in [4.69, 9.17) is 12.3 Å². The van der Waals surface area contributed by atoms with Crippen LogP contribution in [0.3, 0.4) is 0 Å². The van der Waals surface area contributed by atoms with Crippen LogP contribution in [0.15, 0.2) is 5.16 Å². The number of halogens is 3. The Morgan fingerprint density at radius 1 is 1.44 bits per heavy atom. The minimum absolute atomic E-state index is 0.238. The van der Waals surface area contributed by atoms with Crippen LogP contribution in [0.4, 0.5) is 13.2 Å². The lowest BCUT2D eigenvalue weighted by atomic mass is 9.87. The molecule has 2 saturated carbocycles. The molecule has 5 atom stereocenters. The highest BCUT2D eigenvalue weighted by molar-refractivity contribution is 7.99. The molecule has 1 heterocycles. The predicted molar refractivity (Wildman–Crippen MR) is 75.9 cm³/mol. The molecule has 13 heteroatoms. The molecule has 3 rings (SSSR count). The molecule has 5 unspecified atom stereocenters.